The van der Waals surface area contributed by atoms with Gasteiger partial charge < -0.3 is 15.1 Å². The van der Waals surface area contributed by atoms with Crippen LogP contribution in [0.25, 0.3) is 0 Å². The lowest BCUT2D eigenvalue weighted by atomic mass is 10.2. The number of anilines is 2. The molecule has 0 bridgehead atoms. The second-order valence-corrected chi connectivity index (χ2v) is 8.51. The Hall–Kier alpha value is -3.11. The van der Waals surface area contributed by atoms with Gasteiger partial charge in [0.2, 0.25) is 5.91 Å². The average Bonchev–Trinajstić information content (AvgIpc) is 3.37. The number of benzene rings is 1. The highest BCUT2D eigenvalue weighted by Gasteiger charge is 2.17. The molecule has 0 atom stereocenters. The maximum Gasteiger partial charge on any atom is 0.271 e. The summed E-state index contributed by atoms with van der Waals surface area (Å²) in [5, 5.41) is 6.92. The Morgan fingerprint density at radius 2 is 1.82 bits per heavy atom. The summed E-state index contributed by atoms with van der Waals surface area (Å²) in [6.45, 7) is 0.124. The number of hydrogen-bond donors (Lipinski definition) is 3. The van der Waals surface area contributed by atoms with Crippen molar-refractivity contribution in [3.8, 4) is 0 Å². The van der Waals surface area contributed by atoms with Crippen LogP contribution in [-0.4, -0.2) is 26.8 Å². The van der Waals surface area contributed by atoms with E-state index >= 15 is 0 Å². The van der Waals surface area contributed by atoms with E-state index in [1.54, 1.807) is 35.7 Å². The summed E-state index contributed by atoms with van der Waals surface area (Å²) in [7, 11) is -3.73. The van der Waals surface area contributed by atoms with Crippen molar-refractivity contribution in [3.63, 3.8) is 0 Å². The molecule has 0 radical (unpaired) electrons. The Bertz CT molecular complexity index is 1040. The van der Waals surface area contributed by atoms with Gasteiger partial charge in [-0.3, -0.25) is 14.3 Å². The van der Waals surface area contributed by atoms with Crippen LogP contribution in [0.4, 0.5) is 11.4 Å². The third kappa shape index (κ3) is 4.99. The number of para-hydroxylation sites is 2. The van der Waals surface area contributed by atoms with Crippen LogP contribution in [0.3, 0.4) is 0 Å². The molecule has 3 aromatic rings. The fourth-order valence-electron chi connectivity index (χ4n) is 2.29. The molecule has 146 valence electrons. The van der Waals surface area contributed by atoms with Crippen molar-refractivity contribution in [2.24, 2.45) is 0 Å². The van der Waals surface area contributed by atoms with Gasteiger partial charge in [0.25, 0.3) is 15.9 Å². The van der Waals surface area contributed by atoms with E-state index in [-0.39, 0.29) is 34.7 Å². The van der Waals surface area contributed by atoms with Crippen LogP contribution in [0, 0.1) is 0 Å². The van der Waals surface area contributed by atoms with E-state index < -0.39 is 10.0 Å². The molecule has 0 spiro atoms. The Morgan fingerprint density at radius 3 is 2.50 bits per heavy atom. The van der Waals surface area contributed by atoms with Crippen molar-refractivity contribution in [1.29, 1.82) is 0 Å². The van der Waals surface area contributed by atoms with Gasteiger partial charge in [-0.1, -0.05) is 18.2 Å². The van der Waals surface area contributed by atoms with Gasteiger partial charge >= 0.3 is 0 Å². The summed E-state index contributed by atoms with van der Waals surface area (Å²) < 4.78 is 32.3. The molecule has 2 aromatic heterocycles. The highest BCUT2D eigenvalue weighted by Crippen LogP contribution is 2.26. The molecule has 10 heteroatoms. The molecule has 0 unspecified atom stereocenters. The first-order valence-electron chi connectivity index (χ1n) is 8.21. The number of sulfonamides is 1. The highest BCUT2D eigenvalue weighted by molar-refractivity contribution is 7.94. The number of amides is 2. The van der Waals surface area contributed by atoms with E-state index in [0.29, 0.717) is 11.3 Å². The molecule has 3 rings (SSSR count). The predicted octanol–water partition coefficient (Wildman–Crippen LogP) is 2.90. The fraction of sp³-hybridized carbons (Fsp3) is 0.111. The zero-order valence-corrected chi connectivity index (χ0v) is 16.2. The van der Waals surface area contributed by atoms with Crippen LogP contribution in [0.5, 0.6) is 0 Å². The maximum absolute atomic E-state index is 12.4. The van der Waals surface area contributed by atoms with Crippen molar-refractivity contribution in [1.82, 2.24) is 5.32 Å². The van der Waals surface area contributed by atoms with E-state index in [9.17, 15) is 18.0 Å². The van der Waals surface area contributed by atoms with Crippen molar-refractivity contribution >= 4 is 44.5 Å². The average molecular weight is 419 g/mol. The summed E-state index contributed by atoms with van der Waals surface area (Å²) in [5.74, 6) is -0.707. The third-order valence-corrected chi connectivity index (χ3v) is 6.39. The van der Waals surface area contributed by atoms with Crippen LogP contribution in [0.2, 0.25) is 0 Å². The molecule has 2 heterocycles. The Kier molecular flexibility index (Phi) is 6.12. The monoisotopic (exact) mass is 419 g/mol. The first-order valence-corrected chi connectivity index (χ1v) is 10.6. The number of carbonyl (C=O) groups excluding carboxylic acids is 2. The number of thiophene rings is 1. The SMILES string of the molecule is O=C(CCNC(=O)c1ccoc1)Nc1ccccc1NS(=O)(=O)c1cccs1. The molecule has 28 heavy (non-hydrogen) atoms. The van der Waals surface area contributed by atoms with Gasteiger partial charge in [-0.05, 0) is 29.6 Å². The molecule has 3 N–H and O–H groups in total. The maximum atomic E-state index is 12.4. The first kappa shape index (κ1) is 19.6. The molecule has 0 fully saturated rings. The van der Waals surface area contributed by atoms with Crippen LogP contribution in [-0.2, 0) is 14.8 Å². The van der Waals surface area contributed by atoms with Gasteiger partial charge in [-0.25, -0.2) is 8.42 Å². The zero-order valence-electron chi connectivity index (χ0n) is 14.5. The van der Waals surface area contributed by atoms with E-state index in [4.69, 9.17) is 4.42 Å². The molecule has 8 nitrogen and oxygen atoms in total. The fourth-order valence-corrected chi connectivity index (χ4v) is 4.36. The quantitative estimate of drug-likeness (QED) is 0.519. The normalized spacial score (nSPS) is 11.0. The van der Waals surface area contributed by atoms with Crippen LogP contribution < -0.4 is 15.4 Å². The predicted molar refractivity (Wildman–Crippen MR) is 106 cm³/mol. The second-order valence-electron chi connectivity index (χ2n) is 5.65. The Morgan fingerprint density at radius 1 is 1.04 bits per heavy atom. The largest absolute Gasteiger partial charge is 0.472 e. The highest BCUT2D eigenvalue weighted by atomic mass is 32.2. The number of nitrogens with one attached hydrogen (secondary N) is 3. The molecule has 0 saturated heterocycles. The Balaban J connectivity index is 1.58. The molecule has 2 amide bonds. The Labute approximate surface area is 165 Å². The van der Waals surface area contributed by atoms with Gasteiger partial charge in [0.15, 0.2) is 0 Å². The van der Waals surface area contributed by atoms with Crippen molar-refractivity contribution in [2.75, 3.05) is 16.6 Å². The van der Waals surface area contributed by atoms with Gasteiger partial charge in [0.05, 0.1) is 23.2 Å². The number of furan rings is 1. The van der Waals surface area contributed by atoms with E-state index in [1.807, 2.05) is 0 Å². The number of carbonyl (C=O) groups is 2. The molecular weight excluding hydrogens is 402 g/mol. The smallest absolute Gasteiger partial charge is 0.271 e. The van der Waals surface area contributed by atoms with Crippen molar-refractivity contribution in [3.05, 3.63) is 65.9 Å². The van der Waals surface area contributed by atoms with Crippen molar-refractivity contribution in [2.45, 2.75) is 10.6 Å². The van der Waals surface area contributed by atoms with Crippen LogP contribution in [0.15, 0.2) is 69.0 Å². The number of rotatable bonds is 8. The molecular formula is C18H17N3O5S2. The van der Waals surface area contributed by atoms with Crippen LogP contribution >= 0.6 is 11.3 Å². The summed E-state index contributed by atoms with van der Waals surface area (Å²) in [5.41, 5.74) is 0.953. The first-order chi connectivity index (χ1) is 13.5. The minimum absolute atomic E-state index is 0.0234. The lowest BCUT2D eigenvalue weighted by Gasteiger charge is -2.13. The summed E-state index contributed by atoms with van der Waals surface area (Å²) >= 11 is 1.10. The molecule has 0 saturated carbocycles. The lowest BCUT2D eigenvalue weighted by molar-refractivity contribution is -0.116. The topological polar surface area (TPSA) is 118 Å². The minimum Gasteiger partial charge on any atom is -0.472 e. The van der Waals surface area contributed by atoms with Gasteiger partial charge in [0.1, 0.15) is 10.5 Å². The summed E-state index contributed by atoms with van der Waals surface area (Å²) in [4.78, 5) is 24.0. The number of hydrogen-bond acceptors (Lipinski definition) is 6. The van der Waals surface area contributed by atoms with E-state index in [1.165, 1.54) is 24.7 Å². The minimum atomic E-state index is -3.73. The standard InChI is InChI=1S/C18H17N3O5S2/c22-16(7-9-19-18(23)13-8-10-26-12-13)20-14-4-1-2-5-15(14)21-28(24,25)17-6-3-11-27-17/h1-6,8,10-12,21H,7,9H2,(H,19,23)(H,20,22). The lowest BCUT2D eigenvalue weighted by Crippen LogP contribution is -2.27. The molecule has 0 aliphatic heterocycles. The van der Waals surface area contributed by atoms with E-state index in [0.717, 1.165) is 11.3 Å². The molecule has 1 aromatic carbocycles. The zero-order chi connectivity index (χ0) is 20.0. The van der Waals surface area contributed by atoms with Gasteiger partial charge in [-0.15, -0.1) is 11.3 Å². The summed E-state index contributed by atoms with van der Waals surface area (Å²) in [6, 6.07) is 11.1. The van der Waals surface area contributed by atoms with Crippen molar-refractivity contribution < 1.29 is 22.4 Å². The molecule has 0 aliphatic carbocycles. The van der Waals surface area contributed by atoms with Crippen LogP contribution in [0.1, 0.15) is 16.8 Å². The molecule has 0 aliphatic rings. The summed E-state index contributed by atoms with van der Waals surface area (Å²) in [6.07, 6.45) is 2.72. The van der Waals surface area contributed by atoms with Gasteiger partial charge in [0, 0.05) is 13.0 Å². The van der Waals surface area contributed by atoms with E-state index in [2.05, 4.69) is 15.4 Å². The van der Waals surface area contributed by atoms with Gasteiger partial charge in [-0.2, -0.15) is 0 Å². The second kappa shape index (κ2) is 8.72. The third-order valence-electron chi connectivity index (χ3n) is 3.63.